The Balaban J connectivity index is 2.01. The molecule has 1 amide bonds. The standard InChI is InChI=1S/C18H21N3O4/c1-13(20(2)12-14-6-4-9-17(10-14)25-3)18(22)19-15-7-5-8-16(11-15)21(23)24/h4-11,13H,12H2,1-3H3,(H,19,22)/p+1/t13-/m0/s1. The van der Waals surface area contributed by atoms with E-state index in [1.54, 1.807) is 19.2 Å². The largest absolute Gasteiger partial charge is 0.497 e. The van der Waals surface area contributed by atoms with Gasteiger partial charge in [-0.05, 0) is 25.1 Å². The molecule has 0 radical (unpaired) electrons. The second-order valence-corrected chi connectivity index (χ2v) is 5.89. The molecule has 0 fully saturated rings. The summed E-state index contributed by atoms with van der Waals surface area (Å²) in [7, 11) is 3.54. The normalized spacial score (nSPS) is 12.9. The zero-order valence-electron chi connectivity index (χ0n) is 14.5. The average molecular weight is 344 g/mol. The van der Waals surface area contributed by atoms with Crippen LogP contribution in [0.5, 0.6) is 5.75 Å². The quantitative estimate of drug-likeness (QED) is 0.591. The molecule has 0 spiro atoms. The molecule has 1 unspecified atom stereocenters. The maximum Gasteiger partial charge on any atom is 0.282 e. The van der Waals surface area contributed by atoms with E-state index in [2.05, 4.69) is 5.32 Å². The van der Waals surface area contributed by atoms with Gasteiger partial charge in [0.05, 0.1) is 19.1 Å². The molecule has 0 saturated heterocycles. The number of likely N-dealkylation sites (N-methyl/N-ethyl adjacent to an activating group) is 1. The van der Waals surface area contributed by atoms with Crippen molar-refractivity contribution >= 4 is 17.3 Å². The van der Waals surface area contributed by atoms with Gasteiger partial charge in [-0.1, -0.05) is 18.2 Å². The number of benzene rings is 2. The first-order valence-corrected chi connectivity index (χ1v) is 7.91. The lowest BCUT2D eigenvalue weighted by molar-refractivity contribution is -0.907. The van der Waals surface area contributed by atoms with Gasteiger partial charge < -0.3 is 15.0 Å². The predicted molar refractivity (Wildman–Crippen MR) is 94.8 cm³/mol. The summed E-state index contributed by atoms with van der Waals surface area (Å²) in [6, 6.07) is 13.3. The Bertz CT molecular complexity index is 763. The number of nitrogens with one attached hydrogen (secondary N) is 2. The first kappa shape index (κ1) is 18.4. The second kappa shape index (κ2) is 8.25. The summed E-state index contributed by atoms with van der Waals surface area (Å²) in [5, 5.41) is 13.6. The van der Waals surface area contributed by atoms with Crippen LogP contribution in [0.3, 0.4) is 0 Å². The van der Waals surface area contributed by atoms with Crippen molar-refractivity contribution < 1.29 is 19.4 Å². The van der Waals surface area contributed by atoms with E-state index in [-0.39, 0.29) is 17.6 Å². The number of nitro groups is 1. The van der Waals surface area contributed by atoms with E-state index in [1.165, 1.54) is 12.1 Å². The smallest absolute Gasteiger partial charge is 0.282 e. The molecule has 132 valence electrons. The van der Waals surface area contributed by atoms with Crippen LogP contribution in [-0.4, -0.2) is 31.0 Å². The molecule has 2 aromatic carbocycles. The molecule has 0 aliphatic carbocycles. The summed E-state index contributed by atoms with van der Waals surface area (Å²) in [6.45, 7) is 2.48. The summed E-state index contributed by atoms with van der Waals surface area (Å²) >= 11 is 0. The summed E-state index contributed by atoms with van der Waals surface area (Å²) in [6.07, 6.45) is 0. The maximum absolute atomic E-state index is 12.4. The Labute approximate surface area is 146 Å². The predicted octanol–water partition coefficient (Wildman–Crippen LogP) is 1.65. The van der Waals surface area contributed by atoms with Crippen LogP contribution in [-0.2, 0) is 11.3 Å². The Morgan fingerprint density at radius 2 is 2.00 bits per heavy atom. The Hall–Kier alpha value is -2.93. The highest BCUT2D eigenvalue weighted by Gasteiger charge is 2.22. The van der Waals surface area contributed by atoms with Crippen molar-refractivity contribution in [1.29, 1.82) is 0 Å². The molecular formula is C18H22N3O4+. The zero-order valence-corrected chi connectivity index (χ0v) is 14.5. The fourth-order valence-corrected chi connectivity index (χ4v) is 2.43. The van der Waals surface area contributed by atoms with Crippen molar-refractivity contribution in [2.75, 3.05) is 19.5 Å². The number of amides is 1. The van der Waals surface area contributed by atoms with Crippen LogP contribution >= 0.6 is 0 Å². The SMILES string of the molecule is COc1cccc(C[NH+](C)[C@@H](C)C(=O)Nc2cccc([N+](=O)[O-])c2)c1. The number of nitro benzene ring substituents is 1. The lowest BCUT2D eigenvalue weighted by atomic mass is 10.1. The first-order chi connectivity index (χ1) is 11.9. The van der Waals surface area contributed by atoms with E-state index in [0.29, 0.717) is 12.2 Å². The van der Waals surface area contributed by atoms with Crippen LogP contribution < -0.4 is 15.0 Å². The number of ether oxygens (including phenoxy) is 1. The molecule has 0 aromatic heterocycles. The fraction of sp³-hybridized carbons (Fsp3) is 0.278. The summed E-state index contributed by atoms with van der Waals surface area (Å²) in [5.41, 5.74) is 1.43. The van der Waals surface area contributed by atoms with E-state index >= 15 is 0 Å². The molecule has 2 N–H and O–H groups in total. The monoisotopic (exact) mass is 344 g/mol. The van der Waals surface area contributed by atoms with Crippen LogP contribution in [0.15, 0.2) is 48.5 Å². The minimum atomic E-state index is -0.487. The van der Waals surface area contributed by atoms with E-state index in [4.69, 9.17) is 4.74 Å². The van der Waals surface area contributed by atoms with Crippen molar-refractivity contribution in [3.05, 3.63) is 64.2 Å². The van der Waals surface area contributed by atoms with Gasteiger partial charge in [0, 0.05) is 23.4 Å². The third-order valence-electron chi connectivity index (χ3n) is 4.07. The van der Waals surface area contributed by atoms with Crippen molar-refractivity contribution in [2.45, 2.75) is 19.5 Å². The Morgan fingerprint density at radius 3 is 2.68 bits per heavy atom. The lowest BCUT2D eigenvalue weighted by Crippen LogP contribution is -3.12. The van der Waals surface area contributed by atoms with Crippen molar-refractivity contribution in [1.82, 2.24) is 0 Å². The summed E-state index contributed by atoms with van der Waals surface area (Å²) < 4.78 is 5.21. The number of rotatable bonds is 7. The molecule has 2 aromatic rings. The van der Waals surface area contributed by atoms with Gasteiger partial charge in [-0.25, -0.2) is 0 Å². The topological polar surface area (TPSA) is 85.9 Å². The van der Waals surface area contributed by atoms with E-state index in [0.717, 1.165) is 16.2 Å². The number of non-ortho nitro benzene ring substituents is 1. The minimum Gasteiger partial charge on any atom is -0.497 e. The molecule has 0 aliphatic heterocycles. The highest BCUT2D eigenvalue weighted by molar-refractivity contribution is 5.93. The van der Waals surface area contributed by atoms with Crippen LogP contribution in [0.1, 0.15) is 12.5 Å². The number of anilines is 1. The van der Waals surface area contributed by atoms with Crippen LogP contribution in [0, 0.1) is 10.1 Å². The molecule has 25 heavy (non-hydrogen) atoms. The molecule has 0 saturated carbocycles. The van der Waals surface area contributed by atoms with Crippen molar-refractivity contribution in [3.8, 4) is 5.75 Å². The van der Waals surface area contributed by atoms with Gasteiger partial charge in [0.15, 0.2) is 6.04 Å². The summed E-state index contributed by atoms with van der Waals surface area (Å²) in [5.74, 6) is 0.583. The van der Waals surface area contributed by atoms with Crippen molar-refractivity contribution in [2.24, 2.45) is 0 Å². The number of nitrogens with zero attached hydrogens (tertiary/aromatic N) is 1. The number of quaternary nitrogens is 1. The summed E-state index contributed by atoms with van der Waals surface area (Å²) in [4.78, 5) is 23.7. The van der Waals surface area contributed by atoms with Crippen molar-refractivity contribution in [3.63, 3.8) is 0 Å². The van der Waals surface area contributed by atoms with Crippen LogP contribution in [0.2, 0.25) is 0 Å². The Morgan fingerprint density at radius 1 is 1.28 bits per heavy atom. The Kier molecular flexibility index (Phi) is 6.08. The minimum absolute atomic E-state index is 0.0532. The molecule has 0 aliphatic rings. The van der Waals surface area contributed by atoms with Gasteiger partial charge in [0.25, 0.3) is 11.6 Å². The molecular weight excluding hydrogens is 322 g/mol. The number of carbonyl (C=O) groups excluding carboxylic acids is 1. The average Bonchev–Trinajstić information content (AvgIpc) is 2.61. The van der Waals surface area contributed by atoms with Crippen LogP contribution in [0.4, 0.5) is 11.4 Å². The third kappa shape index (κ3) is 5.02. The van der Waals surface area contributed by atoms with Gasteiger partial charge in [-0.2, -0.15) is 0 Å². The molecule has 7 nitrogen and oxygen atoms in total. The van der Waals surface area contributed by atoms with E-state index in [9.17, 15) is 14.9 Å². The van der Waals surface area contributed by atoms with E-state index in [1.807, 2.05) is 38.2 Å². The number of carbonyl (C=O) groups is 1. The highest BCUT2D eigenvalue weighted by Crippen LogP contribution is 2.17. The van der Waals surface area contributed by atoms with Gasteiger partial charge in [-0.15, -0.1) is 0 Å². The van der Waals surface area contributed by atoms with Gasteiger partial charge in [0.1, 0.15) is 12.3 Å². The number of hydrogen-bond donors (Lipinski definition) is 2. The fourth-order valence-electron chi connectivity index (χ4n) is 2.43. The third-order valence-corrected chi connectivity index (χ3v) is 4.07. The first-order valence-electron chi connectivity index (χ1n) is 7.91. The molecule has 0 heterocycles. The lowest BCUT2D eigenvalue weighted by Gasteiger charge is -2.21. The van der Waals surface area contributed by atoms with Gasteiger partial charge >= 0.3 is 0 Å². The maximum atomic E-state index is 12.4. The molecule has 0 bridgehead atoms. The van der Waals surface area contributed by atoms with Gasteiger partial charge in [0.2, 0.25) is 0 Å². The molecule has 7 heteroatoms. The van der Waals surface area contributed by atoms with E-state index < -0.39 is 4.92 Å². The highest BCUT2D eigenvalue weighted by atomic mass is 16.6. The molecule has 2 atom stereocenters. The number of hydrogen-bond acceptors (Lipinski definition) is 4. The zero-order chi connectivity index (χ0) is 18.4. The van der Waals surface area contributed by atoms with Gasteiger partial charge in [-0.3, -0.25) is 14.9 Å². The second-order valence-electron chi connectivity index (χ2n) is 5.89. The van der Waals surface area contributed by atoms with Crippen LogP contribution in [0.25, 0.3) is 0 Å². The number of methoxy groups -OCH3 is 1. The molecule has 2 rings (SSSR count).